The van der Waals surface area contributed by atoms with E-state index in [0.29, 0.717) is 12.4 Å². The first kappa shape index (κ1) is 13.8. The number of benzene rings is 2. The van der Waals surface area contributed by atoms with E-state index in [-0.39, 0.29) is 10.7 Å². The zero-order chi connectivity index (χ0) is 13.8. The van der Waals surface area contributed by atoms with Crippen molar-refractivity contribution in [3.8, 4) is 5.75 Å². The molecule has 0 aliphatic heterocycles. The molecule has 0 heterocycles. The monoisotopic (exact) mass is 341 g/mol. The van der Waals surface area contributed by atoms with E-state index >= 15 is 0 Å². The molecule has 0 saturated carbocycles. The third-order valence-corrected chi connectivity index (χ3v) is 3.54. The third kappa shape index (κ3) is 3.45. The van der Waals surface area contributed by atoms with E-state index in [9.17, 15) is 10.1 Å². The van der Waals surface area contributed by atoms with Gasteiger partial charge in [0.15, 0.2) is 0 Å². The van der Waals surface area contributed by atoms with Crippen molar-refractivity contribution in [2.24, 2.45) is 0 Å². The summed E-state index contributed by atoms with van der Waals surface area (Å²) in [5.74, 6) is 0.419. The van der Waals surface area contributed by atoms with Crippen LogP contribution in [0, 0.1) is 10.1 Å². The van der Waals surface area contributed by atoms with Crippen LogP contribution in [0.2, 0.25) is 5.02 Å². The Balaban J connectivity index is 2.12. The summed E-state index contributed by atoms with van der Waals surface area (Å²) >= 11 is 9.36. The van der Waals surface area contributed by atoms with Crippen molar-refractivity contribution in [3.63, 3.8) is 0 Å². The molecule has 0 fully saturated rings. The molecule has 4 nitrogen and oxygen atoms in total. The topological polar surface area (TPSA) is 52.4 Å². The lowest BCUT2D eigenvalue weighted by Crippen LogP contribution is -1.97. The fraction of sp³-hybridized carbons (Fsp3) is 0.0769. The number of non-ortho nitro benzene ring substituents is 1. The molecule has 0 amide bonds. The molecule has 0 spiro atoms. The number of rotatable bonds is 4. The third-order valence-electron chi connectivity index (χ3n) is 2.47. The molecular weight excluding hydrogens is 334 g/mol. The highest BCUT2D eigenvalue weighted by Gasteiger charge is 2.10. The Hall–Kier alpha value is -1.59. The van der Waals surface area contributed by atoms with Crippen LogP contribution < -0.4 is 4.74 Å². The van der Waals surface area contributed by atoms with E-state index < -0.39 is 4.92 Å². The first-order valence-electron chi connectivity index (χ1n) is 5.38. The fourth-order valence-electron chi connectivity index (χ4n) is 1.49. The van der Waals surface area contributed by atoms with Crippen LogP contribution >= 0.6 is 27.5 Å². The van der Waals surface area contributed by atoms with E-state index in [1.54, 1.807) is 0 Å². The van der Waals surface area contributed by atoms with Crippen molar-refractivity contribution < 1.29 is 9.66 Å². The van der Waals surface area contributed by atoms with Crippen molar-refractivity contribution in [1.29, 1.82) is 0 Å². The summed E-state index contributed by atoms with van der Waals surface area (Å²) in [5.41, 5.74) is 0.912. The maximum absolute atomic E-state index is 10.6. The Morgan fingerprint density at radius 1 is 1.26 bits per heavy atom. The van der Waals surface area contributed by atoms with Crippen LogP contribution in [0.4, 0.5) is 5.69 Å². The summed E-state index contributed by atoms with van der Waals surface area (Å²) in [4.78, 5) is 10.1. The van der Waals surface area contributed by atoms with E-state index in [1.807, 2.05) is 24.3 Å². The Bertz CT molecular complexity index is 619. The number of halogens is 2. The standard InChI is InChI=1S/C13H9BrClNO3/c14-11-4-2-1-3-9(11)8-19-13-6-5-10(16(17)18)7-12(13)15/h1-7H,8H2. The second-order valence-corrected chi connectivity index (χ2v) is 5.01. The summed E-state index contributed by atoms with van der Waals surface area (Å²) in [6, 6.07) is 11.8. The van der Waals surface area contributed by atoms with Crippen molar-refractivity contribution in [1.82, 2.24) is 0 Å². The van der Waals surface area contributed by atoms with E-state index in [1.165, 1.54) is 18.2 Å². The molecule has 0 aromatic heterocycles. The normalized spacial score (nSPS) is 10.2. The van der Waals surface area contributed by atoms with Crippen LogP contribution in [-0.4, -0.2) is 4.92 Å². The summed E-state index contributed by atoms with van der Waals surface area (Å²) in [6.45, 7) is 0.332. The van der Waals surface area contributed by atoms with Crippen molar-refractivity contribution in [2.75, 3.05) is 0 Å². The Morgan fingerprint density at radius 3 is 2.63 bits per heavy atom. The summed E-state index contributed by atoms with van der Waals surface area (Å²) in [7, 11) is 0. The van der Waals surface area contributed by atoms with Gasteiger partial charge in [-0.25, -0.2) is 0 Å². The van der Waals surface area contributed by atoms with Crippen LogP contribution in [-0.2, 0) is 6.61 Å². The second-order valence-electron chi connectivity index (χ2n) is 3.75. The van der Waals surface area contributed by atoms with Crippen LogP contribution in [0.1, 0.15) is 5.56 Å². The summed E-state index contributed by atoms with van der Waals surface area (Å²) in [6.07, 6.45) is 0. The van der Waals surface area contributed by atoms with Gasteiger partial charge in [-0.05, 0) is 12.1 Å². The maximum atomic E-state index is 10.6. The summed E-state index contributed by atoms with van der Waals surface area (Å²) in [5, 5.41) is 10.8. The SMILES string of the molecule is O=[N+]([O-])c1ccc(OCc2ccccc2Br)c(Cl)c1. The number of nitro groups is 1. The number of nitro benzene ring substituents is 1. The van der Waals surface area contributed by atoms with E-state index in [4.69, 9.17) is 16.3 Å². The molecule has 0 saturated heterocycles. The zero-order valence-electron chi connectivity index (χ0n) is 9.68. The number of nitrogens with zero attached hydrogens (tertiary/aromatic N) is 1. The molecule has 19 heavy (non-hydrogen) atoms. The molecule has 2 rings (SSSR count). The molecule has 98 valence electrons. The van der Waals surface area contributed by atoms with Gasteiger partial charge in [-0.15, -0.1) is 0 Å². The molecule has 0 aliphatic rings. The van der Waals surface area contributed by atoms with Gasteiger partial charge >= 0.3 is 0 Å². The number of ether oxygens (including phenoxy) is 1. The quantitative estimate of drug-likeness (QED) is 0.603. The first-order valence-corrected chi connectivity index (χ1v) is 6.55. The van der Waals surface area contributed by atoms with Gasteiger partial charge in [0.05, 0.1) is 9.95 Å². The molecule has 0 atom stereocenters. The van der Waals surface area contributed by atoms with Crippen molar-refractivity contribution >= 4 is 33.2 Å². The molecule has 6 heteroatoms. The lowest BCUT2D eigenvalue weighted by atomic mass is 10.2. The average Bonchev–Trinajstić information content (AvgIpc) is 2.39. The molecular formula is C13H9BrClNO3. The molecule has 2 aromatic carbocycles. The first-order chi connectivity index (χ1) is 9.08. The molecule has 0 N–H and O–H groups in total. The largest absolute Gasteiger partial charge is 0.487 e. The van der Waals surface area contributed by atoms with Gasteiger partial charge in [0.1, 0.15) is 12.4 Å². The average molecular weight is 343 g/mol. The maximum Gasteiger partial charge on any atom is 0.271 e. The van der Waals surface area contributed by atoms with Crippen molar-refractivity contribution in [2.45, 2.75) is 6.61 Å². The molecule has 0 aliphatic carbocycles. The van der Waals surface area contributed by atoms with Gasteiger partial charge in [-0.1, -0.05) is 45.7 Å². The van der Waals surface area contributed by atoms with Crippen molar-refractivity contribution in [3.05, 3.63) is 67.6 Å². The minimum atomic E-state index is -0.497. The zero-order valence-corrected chi connectivity index (χ0v) is 12.0. The summed E-state index contributed by atoms with van der Waals surface area (Å²) < 4.78 is 6.49. The highest BCUT2D eigenvalue weighted by molar-refractivity contribution is 9.10. The Kier molecular flexibility index (Phi) is 4.39. The molecule has 2 aromatic rings. The lowest BCUT2D eigenvalue weighted by Gasteiger charge is -2.09. The van der Waals surface area contributed by atoms with Gasteiger partial charge in [0, 0.05) is 22.2 Å². The van der Waals surface area contributed by atoms with Crippen LogP contribution in [0.5, 0.6) is 5.75 Å². The van der Waals surface area contributed by atoms with E-state index in [2.05, 4.69) is 15.9 Å². The van der Waals surface area contributed by atoms with E-state index in [0.717, 1.165) is 10.0 Å². The van der Waals surface area contributed by atoms with Gasteiger partial charge in [0.2, 0.25) is 0 Å². The van der Waals surface area contributed by atoms with Gasteiger partial charge in [0.25, 0.3) is 5.69 Å². The van der Waals surface area contributed by atoms with Gasteiger partial charge in [-0.3, -0.25) is 10.1 Å². The Labute approximate surface area is 123 Å². The predicted octanol–water partition coefficient (Wildman–Crippen LogP) is 4.59. The highest BCUT2D eigenvalue weighted by atomic mass is 79.9. The molecule has 0 bridgehead atoms. The smallest absolute Gasteiger partial charge is 0.271 e. The molecule has 0 unspecified atom stereocenters. The van der Waals surface area contributed by atoms with Crippen LogP contribution in [0.3, 0.4) is 0 Å². The number of hydrogen-bond acceptors (Lipinski definition) is 3. The number of hydrogen-bond donors (Lipinski definition) is 0. The minimum Gasteiger partial charge on any atom is -0.487 e. The Morgan fingerprint density at radius 2 is 2.00 bits per heavy atom. The lowest BCUT2D eigenvalue weighted by molar-refractivity contribution is -0.384. The minimum absolute atomic E-state index is 0.0572. The fourth-order valence-corrected chi connectivity index (χ4v) is 2.12. The van der Waals surface area contributed by atoms with Gasteiger partial charge < -0.3 is 4.74 Å². The molecule has 0 radical (unpaired) electrons. The van der Waals surface area contributed by atoms with Crippen LogP contribution in [0.15, 0.2) is 46.9 Å². The van der Waals surface area contributed by atoms with Gasteiger partial charge in [-0.2, -0.15) is 0 Å². The second kappa shape index (κ2) is 6.04. The van der Waals surface area contributed by atoms with Crippen LogP contribution in [0.25, 0.3) is 0 Å². The predicted molar refractivity (Wildman–Crippen MR) is 76.6 cm³/mol. The highest BCUT2D eigenvalue weighted by Crippen LogP contribution is 2.29.